The molecule has 4 unspecified atom stereocenters. The summed E-state index contributed by atoms with van der Waals surface area (Å²) in [4.78, 5) is 5.67. The number of benzene rings is 2. The first-order valence-corrected chi connectivity index (χ1v) is 15.3. The van der Waals surface area contributed by atoms with Gasteiger partial charge in [-0.3, -0.25) is 9.80 Å². The van der Waals surface area contributed by atoms with Gasteiger partial charge in [-0.1, -0.05) is 55.5 Å². The van der Waals surface area contributed by atoms with Crippen molar-refractivity contribution < 1.29 is 0 Å². The minimum absolute atomic E-state index is 0.222. The summed E-state index contributed by atoms with van der Waals surface area (Å²) in [5, 5.41) is 0. The van der Waals surface area contributed by atoms with E-state index in [1.165, 1.54) is 64.5 Å². The van der Waals surface area contributed by atoms with Crippen molar-refractivity contribution >= 4 is 0 Å². The molecule has 4 aliphatic rings. The standard InChI is InChI=1S/C35H50N2/c1-33(2,3)36-21-11-18-32(36)29-15-9-10-16-30(29)35(6)24-26(35)23-34(4,5)37-22-12-17-31(37)28-14-8-7-13-27(28)25-19-20-25/h7-10,13-16,25-26,31-32H,11-12,17-24H2,1-6H3. The van der Waals surface area contributed by atoms with Crippen molar-refractivity contribution in [1.82, 2.24) is 9.80 Å². The molecule has 0 radical (unpaired) electrons. The fourth-order valence-electron chi connectivity index (χ4n) is 8.40. The summed E-state index contributed by atoms with van der Waals surface area (Å²) in [6.07, 6.45) is 10.7. The van der Waals surface area contributed by atoms with Gasteiger partial charge in [0.1, 0.15) is 0 Å². The Morgan fingerprint density at radius 2 is 1.30 bits per heavy atom. The van der Waals surface area contributed by atoms with Crippen LogP contribution < -0.4 is 0 Å². The molecule has 2 nitrogen and oxygen atoms in total. The summed E-state index contributed by atoms with van der Waals surface area (Å²) in [5.41, 5.74) is 7.33. The largest absolute Gasteiger partial charge is 0.291 e. The van der Waals surface area contributed by atoms with Gasteiger partial charge < -0.3 is 0 Å². The Morgan fingerprint density at radius 3 is 1.95 bits per heavy atom. The second-order valence-corrected chi connectivity index (χ2v) is 14.7. The molecule has 6 rings (SSSR count). The van der Waals surface area contributed by atoms with E-state index in [0.29, 0.717) is 17.5 Å². The third kappa shape index (κ3) is 4.71. The van der Waals surface area contributed by atoms with Gasteiger partial charge in [0.15, 0.2) is 0 Å². The van der Waals surface area contributed by atoms with Crippen LogP contribution in [0.3, 0.4) is 0 Å². The third-order valence-electron chi connectivity index (χ3n) is 10.6. The molecule has 200 valence electrons. The molecule has 0 bridgehead atoms. The van der Waals surface area contributed by atoms with Crippen LogP contribution in [0.15, 0.2) is 48.5 Å². The zero-order valence-electron chi connectivity index (χ0n) is 24.4. The lowest BCUT2D eigenvalue weighted by molar-refractivity contribution is 0.0886. The van der Waals surface area contributed by atoms with E-state index in [2.05, 4.69) is 99.9 Å². The second-order valence-electron chi connectivity index (χ2n) is 14.7. The summed E-state index contributed by atoms with van der Waals surface area (Å²) in [7, 11) is 0. The average molecular weight is 499 g/mol. The van der Waals surface area contributed by atoms with Crippen LogP contribution in [0.25, 0.3) is 0 Å². The fourth-order valence-corrected chi connectivity index (χ4v) is 8.40. The van der Waals surface area contributed by atoms with Crippen LogP contribution in [0, 0.1) is 5.92 Å². The first-order chi connectivity index (χ1) is 17.6. The zero-order chi connectivity index (χ0) is 26.0. The minimum Gasteiger partial charge on any atom is -0.291 e. The van der Waals surface area contributed by atoms with Gasteiger partial charge >= 0.3 is 0 Å². The zero-order valence-corrected chi connectivity index (χ0v) is 24.4. The summed E-state index contributed by atoms with van der Waals surface area (Å²) in [6.45, 7) is 17.3. The molecule has 2 aliphatic heterocycles. The summed E-state index contributed by atoms with van der Waals surface area (Å²) < 4.78 is 0. The smallest absolute Gasteiger partial charge is 0.0356 e. The lowest BCUT2D eigenvalue weighted by atomic mass is 9.83. The predicted molar refractivity (Wildman–Crippen MR) is 156 cm³/mol. The molecular weight excluding hydrogens is 448 g/mol. The fraction of sp³-hybridized carbons (Fsp3) is 0.657. The Morgan fingerprint density at radius 1 is 0.730 bits per heavy atom. The van der Waals surface area contributed by atoms with Gasteiger partial charge in [-0.15, -0.1) is 0 Å². The van der Waals surface area contributed by atoms with E-state index in [9.17, 15) is 0 Å². The van der Waals surface area contributed by atoms with E-state index in [1.807, 2.05) is 0 Å². The SMILES string of the molecule is CC1(c2ccccc2C2CCCN2C(C)(C)C)CC1CC(C)(C)N1CCCC1c1ccccc1C1CC1. The average Bonchev–Trinajstić information content (AvgIpc) is 3.65. The molecule has 2 aliphatic carbocycles. The van der Waals surface area contributed by atoms with Gasteiger partial charge in [0, 0.05) is 23.2 Å². The van der Waals surface area contributed by atoms with Gasteiger partial charge in [-0.25, -0.2) is 0 Å². The van der Waals surface area contributed by atoms with Crippen LogP contribution in [0.2, 0.25) is 0 Å². The molecule has 2 saturated heterocycles. The molecule has 0 spiro atoms. The van der Waals surface area contributed by atoms with Gasteiger partial charge in [-0.05, 0) is 139 Å². The van der Waals surface area contributed by atoms with E-state index in [4.69, 9.17) is 0 Å². The summed E-state index contributed by atoms with van der Waals surface area (Å²) >= 11 is 0. The van der Waals surface area contributed by atoms with E-state index in [-0.39, 0.29) is 11.1 Å². The maximum absolute atomic E-state index is 2.90. The van der Waals surface area contributed by atoms with Crippen LogP contribution >= 0.6 is 0 Å². The van der Waals surface area contributed by atoms with Crippen molar-refractivity contribution in [2.75, 3.05) is 13.1 Å². The third-order valence-corrected chi connectivity index (χ3v) is 10.6. The Bertz CT molecular complexity index is 1120. The van der Waals surface area contributed by atoms with Crippen LogP contribution in [-0.2, 0) is 5.41 Å². The van der Waals surface area contributed by atoms with Crippen molar-refractivity contribution in [2.45, 2.75) is 127 Å². The Hall–Kier alpha value is -1.64. The number of likely N-dealkylation sites (tertiary alicyclic amines) is 2. The van der Waals surface area contributed by atoms with Gasteiger partial charge in [0.25, 0.3) is 0 Å². The number of hydrogen-bond acceptors (Lipinski definition) is 2. The van der Waals surface area contributed by atoms with Crippen molar-refractivity contribution in [2.24, 2.45) is 5.92 Å². The Balaban J connectivity index is 1.22. The van der Waals surface area contributed by atoms with Crippen molar-refractivity contribution in [3.63, 3.8) is 0 Å². The highest BCUT2D eigenvalue weighted by molar-refractivity contribution is 5.42. The molecule has 2 saturated carbocycles. The van der Waals surface area contributed by atoms with E-state index in [0.717, 1.165) is 11.8 Å². The van der Waals surface area contributed by atoms with Crippen molar-refractivity contribution in [3.8, 4) is 0 Å². The Kier molecular flexibility index (Phi) is 6.39. The van der Waals surface area contributed by atoms with Crippen LogP contribution in [0.5, 0.6) is 0 Å². The van der Waals surface area contributed by atoms with Crippen molar-refractivity contribution in [3.05, 3.63) is 70.8 Å². The van der Waals surface area contributed by atoms with Crippen LogP contribution in [0.4, 0.5) is 0 Å². The Labute approximate surface area is 226 Å². The number of rotatable bonds is 7. The first kappa shape index (κ1) is 25.6. The summed E-state index contributed by atoms with van der Waals surface area (Å²) in [6, 6.07) is 20.1. The van der Waals surface area contributed by atoms with E-state index in [1.54, 1.807) is 22.3 Å². The predicted octanol–water partition coefficient (Wildman–Crippen LogP) is 8.78. The topological polar surface area (TPSA) is 6.48 Å². The molecule has 2 heterocycles. The highest BCUT2D eigenvalue weighted by atomic mass is 15.2. The first-order valence-electron chi connectivity index (χ1n) is 15.3. The summed E-state index contributed by atoms with van der Waals surface area (Å²) in [5.74, 6) is 1.60. The quantitative estimate of drug-likeness (QED) is 0.376. The number of nitrogens with zero attached hydrogens (tertiary/aromatic N) is 2. The molecule has 0 amide bonds. The normalized spacial score (nSPS) is 31.2. The molecule has 4 atom stereocenters. The van der Waals surface area contributed by atoms with Crippen LogP contribution in [0.1, 0.15) is 133 Å². The van der Waals surface area contributed by atoms with Gasteiger partial charge in [-0.2, -0.15) is 0 Å². The van der Waals surface area contributed by atoms with Crippen LogP contribution in [-0.4, -0.2) is 34.0 Å². The molecule has 4 fully saturated rings. The highest BCUT2D eigenvalue weighted by Crippen LogP contribution is 2.60. The van der Waals surface area contributed by atoms with E-state index < -0.39 is 0 Å². The van der Waals surface area contributed by atoms with Crippen molar-refractivity contribution in [1.29, 1.82) is 0 Å². The maximum Gasteiger partial charge on any atom is 0.0356 e. The molecular formula is C35H50N2. The molecule has 2 heteroatoms. The lowest BCUT2D eigenvalue weighted by Crippen LogP contribution is -2.44. The highest BCUT2D eigenvalue weighted by Gasteiger charge is 2.55. The monoisotopic (exact) mass is 498 g/mol. The minimum atomic E-state index is 0.222. The number of hydrogen-bond donors (Lipinski definition) is 0. The molecule has 2 aromatic carbocycles. The van der Waals surface area contributed by atoms with E-state index >= 15 is 0 Å². The lowest BCUT2D eigenvalue weighted by Gasteiger charge is -2.41. The molecule has 2 aromatic rings. The molecule has 0 N–H and O–H groups in total. The molecule has 37 heavy (non-hydrogen) atoms. The maximum atomic E-state index is 2.90. The molecule has 0 aromatic heterocycles. The second kappa shape index (κ2) is 9.23. The van der Waals surface area contributed by atoms with Gasteiger partial charge in [0.05, 0.1) is 0 Å². The van der Waals surface area contributed by atoms with Gasteiger partial charge in [0.2, 0.25) is 0 Å².